The van der Waals surface area contributed by atoms with E-state index in [1.54, 1.807) is 24.3 Å². The molecule has 0 saturated carbocycles. The Labute approximate surface area is 199 Å². The van der Waals surface area contributed by atoms with Gasteiger partial charge < -0.3 is 9.32 Å². The molecule has 2 aliphatic rings. The Bertz CT molecular complexity index is 1340. The molecule has 2 aliphatic heterocycles. The van der Waals surface area contributed by atoms with Gasteiger partial charge in [-0.15, -0.1) is 0 Å². The summed E-state index contributed by atoms with van der Waals surface area (Å²) < 4.78 is 19.0. The summed E-state index contributed by atoms with van der Waals surface area (Å²) in [4.78, 5) is 38.5. The van der Waals surface area contributed by atoms with Gasteiger partial charge in [0.05, 0.1) is 10.6 Å². The van der Waals surface area contributed by atoms with Gasteiger partial charge in [-0.2, -0.15) is 0 Å². The molecule has 3 aromatic rings. The predicted molar refractivity (Wildman–Crippen MR) is 127 cm³/mol. The highest BCUT2D eigenvalue weighted by atomic mass is 19.1. The highest BCUT2D eigenvalue weighted by Crippen LogP contribution is 2.35. The van der Waals surface area contributed by atoms with E-state index in [1.165, 1.54) is 36.4 Å². The van der Waals surface area contributed by atoms with Gasteiger partial charge in [0, 0.05) is 24.7 Å². The van der Waals surface area contributed by atoms with E-state index in [-0.39, 0.29) is 17.0 Å². The van der Waals surface area contributed by atoms with Crippen molar-refractivity contribution in [3.05, 3.63) is 81.9 Å². The van der Waals surface area contributed by atoms with Crippen LogP contribution < -0.4 is 15.3 Å². The molecule has 2 amide bonds. The van der Waals surface area contributed by atoms with Crippen molar-refractivity contribution in [1.29, 1.82) is 0 Å². The van der Waals surface area contributed by atoms with Crippen molar-refractivity contribution in [3.63, 3.8) is 0 Å². The van der Waals surface area contributed by atoms with Crippen molar-refractivity contribution in [2.24, 2.45) is 0 Å². The number of hydrazine groups is 1. The van der Waals surface area contributed by atoms with Crippen LogP contribution in [0.3, 0.4) is 0 Å². The number of furan rings is 1. The minimum atomic E-state index is -0.626. The summed E-state index contributed by atoms with van der Waals surface area (Å²) in [5, 5.41) is 12.8. The Balaban J connectivity index is 1.40. The van der Waals surface area contributed by atoms with Gasteiger partial charge in [0.1, 0.15) is 28.6 Å². The van der Waals surface area contributed by atoms with E-state index in [1.807, 2.05) is 4.90 Å². The van der Waals surface area contributed by atoms with E-state index in [4.69, 9.17) is 4.42 Å². The molecule has 178 valence electrons. The molecule has 1 N–H and O–H groups in total. The second-order valence-corrected chi connectivity index (χ2v) is 8.33. The number of amides is 2. The third-order valence-corrected chi connectivity index (χ3v) is 6.04. The molecule has 0 radical (unpaired) electrons. The third-order valence-electron chi connectivity index (χ3n) is 6.04. The molecule has 1 aromatic heterocycles. The fourth-order valence-electron chi connectivity index (χ4n) is 4.28. The average Bonchev–Trinajstić information content (AvgIpc) is 3.45. The molecule has 0 spiro atoms. The second kappa shape index (κ2) is 9.05. The van der Waals surface area contributed by atoms with Gasteiger partial charge in [-0.05, 0) is 73.9 Å². The van der Waals surface area contributed by atoms with Crippen LogP contribution in [0.5, 0.6) is 0 Å². The molecule has 2 fully saturated rings. The number of nitrogens with zero attached hydrogens (tertiary/aromatic N) is 3. The van der Waals surface area contributed by atoms with E-state index in [0.29, 0.717) is 22.7 Å². The molecule has 0 bridgehead atoms. The molecule has 35 heavy (non-hydrogen) atoms. The number of hydrogen-bond donors (Lipinski definition) is 1. The van der Waals surface area contributed by atoms with Crippen molar-refractivity contribution in [1.82, 2.24) is 5.43 Å². The fourth-order valence-corrected chi connectivity index (χ4v) is 4.28. The summed E-state index contributed by atoms with van der Waals surface area (Å²) >= 11 is 0. The van der Waals surface area contributed by atoms with Gasteiger partial charge in [0.25, 0.3) is 17.5 Å². The molecule has 2 saturated heterocycles. The summed E-state index contributed by atoms with van der Waals surface area (Å²) in [6.07, 6.45) is 4.43. The van der Waals surface area contributed by atoms with Crippen LogP contribution in [0.25, 0.3) is 17.4 Å². The number of nitrogens with one attached hydrogen (secondary N) is 1. The van der Waals surface area contributed by atoms with Crippen molar-refractivity contribution in [2.45, 2.75) is 19.3 Å². The number of rotatable bonds is 5. The van der Waals surface area contributed by atoms with Crippen molar-refractivity contribution in [2.75, 3.05) is 23.0 Å². The lowest BCUT2D eigenvalue weighted by Crippen LogP contribution is -2.35. The lowest BCUT2D eigenvalue weighted by molar-refractivity contribution is -0.384. The normalized spacial score (nSPS) is 17.2. The minimum absolute atomic E-state index is 0.000919. The molecule has 0 aliphatic carbocycles. The number of hydrogen-bond acceptors (Lipinski definition) is 6. The molecular weight excluding hydrogens is 455 g/mol. The third kappa shape index (κ3) is 4.37. The van der Waals surface area contributed by atoms with Gasteiger partial charge in [-0.3, -0.25) is 25.1 Å². The fraction of sp³-hybridized carbons (Fsp3) is 0.200. The molecular formula is C25H21FN4O5. The number of carbonyl (C=O) groups excluding carboxylic acids is 2. The van der Waals surface area contributed by atoms with Crippen LogP contribution in [-0.2, 0) is 9.59 Å². The molecule has 9 nitrogen and oxygen atoms in total. The summed E-state index contributed by atoms with van der Waals surface area (Å²) in [7, 11) is 0. The summed E-state index contributed by atoms with van der Waals surface area (Å²) in [6, 6.07) is 13.3. The minimum Gasteiger partial charge on any atom is -0.457 e. The Kier molecular flexibility index (Phi) is 5.77. The molecule has 0 atom stereocenters. The number of halogens is 1. The van der Waals surface area contributed by atoms with E-state index in [0.717, 1.165) is 37.4 Å². The first-order valence-corrected chi connectivity index (χ1v) is 11.2. The number of benzene rings is 2. The topological polar surface area (TPSA) is 109 Å². The predicted octanol–water partition coefficient (Wildman–Crippen LogP) is 4.45. The maximum absolute atomic E-state index is 13.2. The quantitative estimate of drug-likeness (QED) is 0.252. The standard InChI is InChI=1S/C25H21FN4O5/c26-17-5-7-18(8-6-17)29-25(32)20(24(31)27-29)15-19-9-11-23(35-19)16-4-10-21(22(14-16)30(33)34)28-12-2-1-3-13-28/h4-11,14-15H,1-3,12-13H2,(H,27,31)/b20-15-. The monoisotopic (exact) mass is 476 g/mol. The SMILES string of the molecule is O=C1NN(c2ccc(F)cc2)C(=O)/C1=C\c1ccc(-c2ccc(N3CCCCC3)c([N+](=O)[O-])c2)o1. The molecule has 10 heteroatoms. The number of piperidine rings is 1. The number of nitro groups is 1. The molecule has 3 heterocycles. The van der Waals surface area contributed by atoms with Crippen LogP contribution in [0.1, 0.15) is 25.0 Å². The number of carbonyl (C=O) groups is 2. The van der Waals surface area contributed by atoms with Crippen LogP contribution in [-0.4, -0.2) is 29.8 Å². The van der Waals surface area contributed by atoms with Gasteiger partial charge in [0.2, 0.25) is 0 Å². The second-order valence-electron chi connectivity index (χ2n) is 8.33. The Morgan fingerprint density at radius 1 is 1.00 bits per heavy atom. The van der Waals surface area contributed by atoms with Crippen LogP contribution in [0.2, 0.25) is 0 Å². The molecule has 5 rings (SSSR count). The van der Waals surface area contributed by atoms with Crippen molar-refractivity contribution >= 4 is 35.0 Å². The largest absolute Gasteiger partial charge is 0.457 e. The average molecular weight is 476 g/mol. The van der Waals surface area contributed by atoms with E-state index in [9.17, 15) is 24.1 Å². The van der Waals surface area contributed by atoms with Crippen LogP contribution in [0, 0.1) is 15.9 Å². The molecule has 0 unspecified atom stereocenters. The zero-order chi connectivity index (χ0) is 24.5. The highest BCUT2D eigenvalue weighted by molar-refractivity contribution is 6.31. The first-order valence-electron chi connectivity index (χ1n) is 11.2. The number of nitro benzene ring substituents is 1. The Morgan fingerprint density at radius 2 is 1.74 bits per heavy atom. The highest BCUT2D eigenvalue weighted by Gasteiger charge is 2.34. The summed E-state index contributed by atoms with van der Waals surface area (Å²) in [5.74, 6) is -1.09. The lowest BCUT2D eigenvalue weighted by Gasteiger charge is -2.28. The van der Waals surface area contributed by atoms with Gasteiger partial charge >= 0.3 is 0 Å². The van der Waals surface area contributed by atoms with Crippen molar-refractivity contribution in [3.8, 4) is 11.3 Å². The van der Waals surface area contributed by atoms with E-state index >= 15 is 0 Å². The molecule has 2 aromatic carbocycles. The van der Waals surface area contributed by atoms with Gasteiger partial charge in [-0.25, -0.2) is 9.40 Å². The Morgan fingerprint density at radius 3 is 2.46 bits per heavy atom. The lowest BCUT2D eigenvalue weighted by atomic mass is 10.1. The smallest absolute Gasteiger partial charge is 0.293 e. The van der Waals surface area contributed by atoms with Crippen LogP contribution >= 0.6 is 0 Å². The van der Waals surface area contributed by atoms with Gasteiger partial charge in [0.15, 0.2) is 0 Å². The van der Waals surface area contributed by atoms with E-state index < -0.39 is 22.6 Å². The first-order chi connectivity index (χ1) is 16.9. The van der Waals surface area contributed by atoms with Crippen molar-refractivity contribution < 1.29 is 23.3 Å². The maximum Gasteiger partial charge on any atom is 0.293 e. The van der Waals surface area contributed by atoms with E-state index in [2.05, 4.69) is 5.43 Å². The maximum atomic E-state index is 13.2. The van der Waals surface area contributed by atoms with Crippen LogP contribution in [0.15, 0.2) is 64.6 Å². The van der Waals surface area contributed by atoms with Crippen LogP contribution in [0.4, 0.5) is 21.5 Å². The number of anilines is 2. The van der Waals surface area contributed by atoms with Gasteiger partial charge in [-0.1, -0.05) is 0 Å². The summed E-state index contributed by atoms with van der Waals surface area (Å²) in [6.45, 7) is 1.56. The Hall–Kier alpha value is -4.47. The summed E-state index contributed by atoms with van der Waals surface area (Å²) in [5.41, 5.74) is 3.70. The zero-order valence-electron chi connectivity index (χ0n) is 18.6. The first kappa shape index (κ1) is 22.3. The zero-order valence-corrected chi connectivity index (χ0v) is 18.6.